The van der Waals surface area contributed by atoms with Crippen LogP contribution in [0.1, 0.15) is 31.7 Å². The molecule has 0 amide bonds. The minimum absolute atomic E-state index is 0.213. The summed E-state index contributed by atoms with van der Waals surface area (Å²) in [5.74, 6) is -0.213. The van der Waals surface area contributed by atoms with Crippen LogP contribution < -0.4 is 5.11 Å². The molecule has 0 saturated carbocycles. The summed E-state index contributed by atoms with van der Waals surface area (Å²) in [4.78, 5) is 0. The first kappa shape index (κ1) is 11.6. The van der Waals surface area contributed by atoms with Gasteiger partial charge in [0, 0.05) is 0 Å². The Balaban J connectivity index is 2.92. The maximum Gasteiger partial charge on any atom is 0.0548 e. The Morgan fingerprint density at radius 3 is 2.47 bits per heavy atom. The van der Waals surface area contributed by atoms with Crippen LogP contribution in [0.4, 0.5) is 0 Å². The molecular formula is C13H17O2-. The molecule has 0 fully saturated rings. The quantitative estimate of drug-likeness (QED) is 0.692. The maximum atomic E-state index is 11.6. The molecule has 0 spiro atoms. The van der Waals surface area contributed by atoms with E-state index in [0.717, 1.165) is 30.4 Å². The average Bonchev–Trinajstić information content (AvgIpc) is 2.30. The van der Waals surface area contributed by atoms with Gasteiger partial charge in [-0.3, -0.25) is 0 Å². The normalized spacial score (nSPS) is 12.1. The van der Waals surface area contributed by atoms with Crippen molar-refractivity contribution in [1.82, 2.24) is 0 Å². The van der Waals surface area contributed by atoms with Crippen LogP contribution >= 0.6 is 0 Å². The van der Waals surface area contributed by atoms with E-state index in [9.17, 15) is 5.11 Å². The first-order valence-electron chi connectivity index (χ1n) is 5.29. The molecule has 0 aromatic heterocycles. The number of allylic oxidation sites excluding steroid dienone is 1. The number of rotatable bonds is 5. The first-order chi connectivity index (χ1) is 7.29. The molecule has 0 aliphatic carbocycles. The van der Waals surface area contributed by atoms with E-state index in [-0.39, 0.29) is 5.95 Å². The lowest BCUT2D eigenvalue weighted by Crippen LogP contribution is -2.09. The number of ether oxygens (including phenoxy) is 1. The molecular weight excluding hydrogens is 188 g/mol. The van der Waals surface area contributed by atoms with E-state index in [1.54, 1.807) is 0 Å². The molecule has 0 saturated heterocycles. The van der Waals surface area contributed by atoms with Gasteiger partial charge in [0.1, 0.15) is 0 Å². The van der Waals surface area contributed by atoms with Gasteiger partial charge in [-0.2, -0.15) is 0 Å². The predicted molar refractivity (Wildman–Crippen MR) is 59.9 cm³/mol. The van der Waals surface area contributed by atoms with Crippen molar-refractivity contribution in [3.63, 3.8) is 0 Å². The predicted octanol–water partition coefficient (Wildman–Crippen LogP) is 2.55. The zero-order chi connectivity index (χ0) is 11.1. The summed E-state index contributed by atoms with van der Waals surface area (Å²) in [5, 5.41) is 11.6. The third-order valence-corrected chi connectivity index (χ3v) is 2.33. The summed E-state index contributed by atoms with van der Waals surface area (Å²) in [5.41, 5.74) is 1.75. The molecule has 0 radical (unpaired) electrons. The van der Waals surface area contributed by atoms with Crippen LogP contribution in [0.25, 0.3) is 5.57 Å². The van der Waals surface area contributed by atoms with Crippen molar-refractivity contribution in [1.29, 1.82) is 0 Å². The van der Waals surface area contributed by atoms with E-state index in [1.165, 1.54) is 7.11 Å². The highest BCUT2D eigenvalue weighted by molar-refractivity contribution is 5.65. The number of methoxy groups -OCH3 is 1. The minimum atomic E-state index is -0.213. The van der Waals surface area contributed by atoms with Crippen LogP contribution in [-0.2, 0) is 4.74 Å². The highest BCUT2D eigenvalue weighted by Crippen LogP contribution is 2.22. The Morgan fingerprint density at radius 2 is 1.93 bits per heavy atom. The number of unbranched alkanes of at least 4 members (excludes halogenated alkanes) is 1. The summed E-state index contributed by atoms with van der Waals surface area (Å²) < 4.78 is 4.79. The van der Waals surface area contributed by atoms with E-state index in [2.05, 4.69) is 6.92 Å². The molecule has 15 heavy (non-hydrogen) atoms. The monoisotopic (exact) mass is 205 g/mol. The van der Waals surface area contributed by atoms with E-state index in [1.807, 2.05) is 30.3 Å². The van der Waals surface area contributed by atoms with Gasteiger partial charge < -0.3 is 9.84 Å². The van der Waals surface area contributed by atoms with Gasteiger partial charge in [-0.05, 0) is 31.1 Å². The molecule has 0 bridgehead atoms. The second kappa shape index (κ2) is 6.12. The highest BCUT2D eigenvalue weighted by atomic mass is 16.6. The van der Waals surface area contributed by atoms with Gasteiger partial charge in [0.15, 0.2) is 0 Å². The van der Waals surface area contributed by atoms with Gasteiger partial charge in [0.2, 0.25) is 0 Å². The Labute approximate surface area is 91.2 Å². The van der Waals surface area contributed by atoms with E-state index in [0.29, 0.717) is 0 Å². The summed E-state index contributed by atoms with van der Waals surface area (Å²) in [6.45, 7) is 2.11. The van der Waals surface area contributed by atoms with Gasteiger partial charge in [-0.1, -0.05) is 43.7 Å². The van der Waals surface area contributed by atoms with E-state index < -0.39 is 0 Å². The van der Waals surface area contributed by atoms with Crippen molar-refractivity contribution >= 4 is 5.57 Å². The standard InChI is InChI=1S/C13H18O2/c1-3-4-10-12(13(14)15-2)11-8-6-5-7-9-11/h5-9,14H,3-4,10H2,1-2H3/p-1/b13-12-. The Morgan fingerprint density at radius 1 is 1.27 bits per heavy atom. The highest BCUT2D eigenvalue weighted by Gasteiger charge is 2.02. The molecule has 2 heteroatoms. The first-order valence-corrected chi connectivity index (χ1v) is 5.29. The average molecular weight is 205 g/mol. The lowest BCUT2D eigenvalue weighted by atomic mass is 10.0. The van der Waals surface area contributed by atoms with Crippen LogP contribution in [-0.4, -0.2) is 7.11 Å². The van der Waals surface area contributed by atoms with Crippen molar-refractivity contribution in [2.24, 2.45) is 0 Å². The van der Waals surface area contributed by atoms with Gasteiger partial charge in [-0.15, -0.1) is 0 Å². The largest absolute Gasteiger partial charge is 0.616 e. The third kappa shape index (κ3) is 3.31. The minimum Gasteiger partial charge on any atom is -0.616 e. The zero-order valence-corrected chi connectivity index (χ0v) is 9.32. The molecule has 0 atom stereocenters. The fraction of sp³-hybridized carbons (Fsp3) is 0.385. The fourth-order valence-electron chi connectivity index (χ4n) is 1.48. The van der Waals surface area contributed by atoms with Gasteiger partial charge in [0.25, 0.3) is 0 Å². The second-order valence-electron chi connectivity index (χ2n) is 3.44. The Bertz CT molecular complexity index is 315. The molecule has 0 unspecified atom stereocenters. The lowest BCUT2D eigenvalue weighted by molar-refractivity contribution is -0.351. The van der Waals surface area contributed by atoms with E-state index in [4.69, 9.17) is 4.74 Å². The summed E-state index contributed by atoms with van der Waals surface area (Å²) in [6.07, 6.45) is 2.87. The van der Waals surface area contributed by atoms with E-state index >= 15 is 0 Å². The van der Waals surface area contributed by atoms with Gasteiger partial charge in [0.05, 0.1) is 5.95 Å². The number of benzene rings is 1. The van der Waals surface area contributed by atoms with Crippen LogP contribution in [0, 0.1) is 0 Å². The summed E-state index contributed by atoms with van der Waals surface area (Å²) in [7, 11) is 1.43. The maximum absolute atomic E-state index is 11.6. The molecule has 2 nitrogen and oxygen atoms in total. The Kier molecular flexibility index (Phi) is 4.75. The molecule has 1 aromatic rings. The fourth-order valence-corrected chi connectivity index (χ4v) is 1.48. The zero-order valence-electron chi connectivity index (χ0n) is 9.32. The SMILES string of the molecule is CCCC/C(=C(\[O-])OC)c1ccccc1. The van der Waals surface area contributed by atoms with Crippen LogP contribution in [0.15, 0.2) is 36.3 Å². The van der Waals surface area contributed by atoms with Crippen molar-refractivity contribution in [2.75, 3.05) is 7.11 Å². The topological polar surface area (TPSA) is 32.3 Å². The smallest absolute Gasteiger partial charge is 0.0548 e. The second-order valence-corrected chi connectivity index (χ2v) is 3.44. The molecule has 0 aliphatic heterocycles. The number of hydrogen-bond donors (Lipinski definition) is 0. The molecule has 1 rings (SSSR count). The van der Waals surface area contributed by atoms with Crippen molar-refractivity contribution in [3.05, 3.63) is 41.8 Å². The molecule has 82 valence electrons. The summed E-state index contributed by atoms with van der Waals surface area (Å²) in [6, 6.07) is 9.70. The molecule has 0 N–H and O–H groups in total. The molecule has 1 aromatic carbocycles. The Hall–Kier alpha value is -1.44. The van der Waals surface area contributed by atoms with Crippen LogP contribution in [0.3, 0.4) is 0 Å². The van der Waals surface area contributed by atoms with Gasteiger partial charge >= 0.3 is 0 Å². The number of hydrogen-bond acceptors (Lipinski definition) is 2. The summed E-state index contributed by atoms with van der Waals surface area (Å²) >= 11 is 0. The van der Waals surface area contributed by atoms with Gasteiger partial charge in [-0.25, -0.2) is 0 Å². The van der Waals surface area contributed by atoms with Crippen molar-refractivity contribution in [3.8, 4) is 0 Å². The van der Waals surface area contributed by atoms with Crippen molar-refractivity contribution in [2.45, 2.75) is 26.2 Å². The molecule has 0 aliphatic rings. The third-order valence-electron chi connectivity index (χ3n) is 2.33. The molecule has 0 heterocycles. The van der Waals surface area contributed by atoms with Crippen LogP contribution in [0.2, 0.25) is 0 Å². The van der Waals surface area contributed by atoms with Crippen LogP contribution in [0.5, 0.6) is 0 Å². The lowest BCUT2D eigenvalue weighted by Gasteiger charge is -2.17. The van der Waals surface area contributed by atoms with Crippen molar-refractivity contribution < 1.29 is 9.84 Å².